The largest absolute Gasteiger partial charge is 0.398 e. The zero-order chi connectivity index (χ0) is 13.3. The summed E-state index contributed by atoms with van der Waals surface area (Å²) in [4.78, 5) is 1.14. The van der Waals surface area contributed by atoms with Gasteiger partial charge in [0.1, 0.15) is 0 Å². The fourth-order valence-corrected chi connectivity index (χ4v) is 3.78. The van der Waals surface area contributed by atoms with E-state index in [0.29, 0.717) is 0 Å². The van der Waals surface area contributed by atoms with E-state index in [0.717, 1.165) is 35.8 Å². The van der Waals surface area contributed by atoms with Crippen molar-refractivity contribution < 1.29 is 9.47 Å². The summed E-state index contributed by atoms with van der Waals surface area (Å²) < 4.78 is 12.0. The predicted molar refractivity (Wildman–Crippen MR) is 78.3 cm³/mol. The van der Waals surface area contributed by atoms with E-state index >= 15 is 0 Å². The molecule has 1 atom stereocenters. The molecule has 4 heteroatoms. The first-order valence-electron chi connectivity index (χ1n) is 6.98. The van der Waals surface area contributed by atoms with Gasteiger partial charge in [-0.15, -0.1) is 11.8 Å². The summed E-state index contributed by atoms with van der Waals surface area (Å²) in [5, 5.41) is 0. The van der Waals surface area contributed by atoms with Crippen molar-refractivity contribution in [1.29, 1.82) is 0 Å². The molecule has 1 saturated heterocycles. The highest BCUT2D eigenvalue weighted by molar-refractivity contribution is 7.99. The molecule has 19 heavy (non-hydrogen) atoms. The van der Waals surface area contributed by atoms with E-state index in [1.165, 1.54) is 18.4 Å². The van der Waals surface area contributed by atoms with Gasteiger partial charge < -0.3 is 15.2 Å². The van der Waals surface area contributed by atoms with Crippen molar-refractivity contribution in [3.63, 3.8) is 0 Å². The summed E-state index contributed by atoms with van der Waals surface area (Å²) in [6, 6.07) is 6.21. The van der Waals surface area contributed by atoms with E-state index in [9.17, 15) is 0 Å². The third kappa shape index (κ3) is 2.91. The van der Waals surface area contributed by atoms with Crippen LogP contribution in [0.3, 0.4) is 0 Å². The third-order valence-electron chi connectivity index (χ3n) is 3.87. The Labute approximate surface area is 118 Å². The summed E-state index contributed by atoms with van der Waals surface area (Å²) >= 11 is 1.77. The van der Waals surface area contributed by atoms with E-state index in [1.807, 2.05) is 6.07 Å². The molecule has 1 unspecified atom stereocenters. The number of anilines is 1. The molecule has 104 valence electrons. The van der Waals surface area contributed by atoms with Crippen LogP contribution in [0.25, 0.3) is 0 Å². The van der Waals surface area contributed by atoms with E-state index in [2.05, 4.69) is 19.1 Å². The van der Waals surface area contributed by atoms with Crippen molar-refractivity contribution in [3.8, 4) is 0 Å². The van der Waals surface area contributed by atoms with Gasteiger partial charge in [-0.2, -0.15) is 0 Å². The molecule has 0 radical (unpaired) electrons. The molecular formula is C15H21NO2S. The molecule has 0 amide bonds. The summed E-state index contributed by atoms with van der Waals surface area (Å²) in [7, 11) is 0. The molecule has 0 aromatic heterocycles. The van der Waals surface area contributed by atoms with Crippen molar-refractivity contribution in [3.05, 3.63) is 23.8 Å². The average molecular weight is 279 g/mol. The topological polar surface area (TPSA) is 44.5 Å². The van der Waals surface area contributed by atoms with Crippen LogP contribution in [-0.4, -0.2) is 24.3 Å². The van der Waals surface area contributed by atoms with Crippen molar-refractivity contribution in [2.45, 2.75) is 49.4 Å². The van der Waals surface area contributed by atoms with E-state index in [1.54, 1.807) is 11.8 Å². The van der Waals surface area contributed by atoms with Crippen molar-refractivity contribution >= 4 is 17.4 Å². The first-order chi connectivity index (χ1) is 9.17. The van der Waals surface area contributed by atoms with Crippen molar-refractivity contribution in [2.75, 3.05) is 18.1 Å². The second-order valence-corrected chi connectivity index (χ2v) is 6.58. The zero-order valence-electron chi connectivity index (χ0n) is 11.4. The maximum atomic E-state index is 6.11. The van der Waals surface area contributed by atoms with E-state index in [4.69, 9.17) is 15.2 Å². The Hall–Kier alpha value is -0.710. The monoisotopic (exact) mass is 279 g/mol. The SMILES string of the molecule is Cc1ccc(SCC2COC3(CCCC3)O2)c(N)c1. The molecule has 1 heterocycles. The van der Waals surface area contributed by atoms with E-state index in [-0.39, 0.29) is 11.9 Å². The van der Waals surface area contributed by atoms with Crippen molar-refractivity contribution in [1.82, 2.24) is 0 Å². The first kappa shape index (κ1) is 13.3. The van der Waals surface area contributed by atoms with Gasteiger partial charge in [0.05, 0.1) is 12.7 Å². The van der Waals surface area contributed by atoms with Gasteiger partial charge in [0, 0.05) is 29.2 Å². The maximum absolute atomic E-state index is 6.11. The Bertz CT molecular complexity index is 457. The Morgan fingerprint density at radius 2 is 2.16 bits per heavy atom. The lowest BCUT2D eigenvalue weighted by atomic mass is 10.2. The zero-order valence-corrected chi connectivity index (χ0v) is 12.2. The van der Waals surface area contributed by atoms with Crippen LogP contribution in [0.15, 0.2) is 23.1 Å². The van der Waals surface area contributed by atoms with Gasteiger partial charge in [0.25, 0.3) is 0 Å². The lowest BCUT2D eigenvalue weighted by Crippen LogP contribution is -2.27. The maximum Gasteiger partial charge on any atom is 0.168 e. The molecule has 2 N–H and O–H groups in total. The van der Waals surface area contributed by atoms with Crippen molar-refractivity contribution in [2.24, 2.45) is 0 Å². The lowest BCUT2D eigenvalue weighted by Gasteiger charge is -2.21. The number of hydrogen-bond acceptors (Lipinski definition) is 4. The Kier molecular flexibility index (Phi) is 3.74. The standard InChI is InChI=1S/C15H21NO2S/c1-11-4-5-14(13(16)8-11)19-10-12-9-17-15(18-12)6-2-3-7-15/h4-5,8,12H,2-3,6-7,9-10,16H2,1H3. The van der Waals surface area contributed by atoms with Gasteiger partial charge in [-0.3, -0.25) is 0 Å². The minimum atomic E-state index is -0.246. The van der Waals surface area contributed by atoms with Crippen LogP contribution in [0.4, 0.5) is 5.69 Å². The van der Waals surface area contributed by atoms with Gasteiger partial charge in [-0.1, -0.05) is 6.07 Å². The third-order valence-corrected chi connectivity index (χ3v) is 5.09. The number of benzene rings is 1. The molecule has 3 rings (SSSR count). The van der Waals surface area contributed by atoms with Crippen LogP contribution >= 0.6 is 11.8 Å². The van der Waals surface area contributed by atoms with E-state index < -0.39 is 0 Å². The molecule has 1 aliphatic carbocycles. The highest BCUT2D eigenvalue weighted by atomic mass is 32.2. The van der Waals surface area contributed by atoms with Gasteiger partial charge in [-0.05, 0) is 37.5 Å². The number of rotatable bonds is 3. The highest BCUT2D eigenvalue weighted by Gasteiger charge is 2.43. The van der Waals surface area contributed by atoms with Gasteiger partial charge in [0.15, 0.2) is 5.79 Å². The fourth-order valence-electron chi connectivity index (χ4n) is 2.86. The van der Waals surface area contributed by atoms with Crippen LogP contribution in [0, 0.1) is 6.92 Å². The molecule has 2 aliphatic rings. The predicted octanol–water partition coefficient (Wildman–Crippen LogP) is 3.36. The number of nitrogens with two attached hydrogens (primary N) is 1. The van der Waals surface area contributed by atoms with Crippen LogP contribution in [-0.2, 0) is 9.47 Å². The Morgan fingerprint density at radius 1 is 1.37 bits per heavy atom. The second kappa shape index (κ2) is 5.35. The quantitative estimate of drug-likeness (QED) is 0.680. The average Bonchev–Trinajstić information content (AvgIpc) is 2.99. The molecule has 1 spiro atoms. The number of nitrogen functional groups attached to an aromatic ring is 1. The minimum absolute atomic E-state index is 0.198. The molecule has 1 aromatic rings. The number of hydrogen-bond donors (Lipinski definition) is 1. The highest BCUT2D eigenvalue weighted by Crippen LogP contribution is 2.40. The van der Waals surface area contributed by atoms with Crippen LogP contribution in [0.2, 0.25) is 0 Å². The van der Waals surface area contributed by atoms with Crippen LogP contribution in [0.1, 0.15) is 31.2 Å². The van der Waals surface area contributed by atoms with Gasteiger partial charge in [0.2, 0.25) is 0 Å². The molecule has 1 saturated carbocycles. The molecule has 1 aliphatic heterocycles. The molecule has 1 aromatic carbocycles. The molecule has 0 bridgehead atoms. The second-order valence-electron chi connectivity index (χ2n) is 5.52. The minimum Gasteiger partial charge on any atom is -0.398 e. The smallest absolute Gasteiger partial charge is 0.168 e. The first-order valence-corrected chi connectivity index (χ1v) is 7.96. The molecular weight excluding hydrogens is 258 g/mol. The van der Waals surface area contributed by atoms with Gasteiger partial charge in [-0.25, -0.2) is 0 Å². The number of ether oxygens (including phenoxy) is 2. The van der Waals surface area contributed by atoms with Gasteiger partial charge >= 0.3 is 0 Å². The molecule has 2 fully saturated rings. The lowest BCUT2D eigenvalue weighted by molar-refractivity contribution is -0.159. The summed E-state index contributed by atoms with van der Waals surface area (Å²) in [5.41, 5.74) is 8.09. The number of thioether (sulfide) groups is 1. The summed E-state index contributed by atoms with van der Waals surface area (Å²) in [6.45, 7) is 2.78. The van der Waals surface area contributed by atoms with Crippen LogP contribution in [0.5, 0.6) is 0 Å². The Morgan fingerprint density at radius 3 is 2.89 bits per heavy atom. The Balaban J connectivity index is 1.55. The fraction of sp³-hybridized carbons (Fsp3) is 0.600. The molecule has 3 nitrogen and oxygen atoms in total. The normalized spacial score (nSPS) is 25.2. The number of aryl methyl sites for hydroxylation is 1. The summed E-state index contributed by atoms with van der Waals surface area (Å²) in [6.07, 6.45) is 4.76. The van der Waals surface area contributed by atoms with Crippen LogP contribution < -0.4 is 5.73 Å². The summed E-state index contributed by atoms with van der Waals surface area (Å²) in [5.74, 6) is 0.666.